The highest BCUT2D eigenvalue weighted by Gasteiger charge is 2.13. The quantitative estimate of drug-likeness (QED) is 0.406. The molecular formula is C22H19BrN4O3. The molecule has 3 aromatic rings. The second kappa shape index (κ2) is 10.3. The Morgan fingerprint density at radius 1 is 1.03 bits per heavy atom. The number of nitrogens with zero attached hydrogens (tertiary/aromatic N) is 2. The number of hydrogen-bond acceptors (Lipinski definition) is 5. The van der Waals surface area contributed by atoms with Gasteiger partial charge in [0, 0.05) is 28.1 Å². The highest BCUT2D eigenvalue weighted by atomic mass is 79.9. The number of hydrogen-bond donors (Lipinski definition) is 2. The van der Waals surface area contributed by atoms with E-state index >= 15 is 0 Å². The van der Waals surface area contributed by atoms with Crippen LogP contribution in [0.15, 0.2) is 82.6 Å². The summed E-state index contributed by atoms with van der Waals surface area (Å²) in [6.07, 6.45) is 3.30. The lowest BCUT2D eigenvalue weighted by atomic mass is 10.2. The van der Waals surface area contributed by atoms with Crippen LogP contribution in [0.5, 0.6) is 5.75 Å². The molecule has 0 aliphatic rings. The Hall–Kier alpha value is -3.52. The molecule has 152 valence electrons. The largest absolute Gasteiger partial charge is 0.483 e. The number of halogens is 1. The zero-order valence-corrected chi connectivity index (χ0v) is 17.7. The molecule has 0 saturated heterocycles. The second-order valence-corrected chi connectivity index (χ2v) is 7.13. The number of hydrazone groups is 1. The first-order valence-electron chi connectivity index (χ1n) is 9.05. The number of aromatic nitrogens is 1. The van der Waals surface area contributed by atoms with Crippen LogP contribution >= 0.6 is 15.9 Å². The maximum Gasteiger partial charge on any atom is 0.275 e. The van der Waals surface area contributed by atoms with Crippen molar-refractivity contribution in [2.24, 2.45) is 5.10 Å². The lowest BCUT2D eigenvalue weighted by Crippen LogP contribution is -2.23. The highest BCUT2D eigenvalue weighted by Crippen LogP contribution is 2.18. The summed E-state index contributed by atoms with van der Waals surface area (Å²) in [7, 11) is 0. The number of nitrogens with one attached hydrogen (secondary N) is 2. The van der Waals surface area contributed by atoms with Crippen LogP contribution in [0.2, 0.25) is 0 Å². The first kappa shape index (κ1) is 21.2. The van der Waals surface area contributed by atoms with E-state index in [-0.39, 0.29) is 23.8 Å². The molecule has 0 spiro atoms. The van der Waals surface area contributed by atoms with E-state index < -0.39 is 5.91 Å². The maximum atomic E-state index is 12.6. The van der Waals surface area contributed by atoms with Crippen LogP contribution in [0.4, 0.5) is 5.69 Å². The van der Waals surface area contributed by atoms with Crippen LogP contribution in [0.25, 0.3) is 0 Å². The summed E-state index contributed by atoms with van der Waals surface area (Å²) >= 11 is 3.34. The Kier molecular flexibility index (Phi) is 7.29. The molecule has 8 heteroatoms. The second-order valence-electron chi connectivity index (χ2n) is 6.21. The smallest absolute Gasteiger partial charge is 0.275 e. The summed E-state index contributed by atoms with van der Waals surface area (Å²) in [4.78, 5) is 28.7. The van der Waals surface area contributed by atoms with Crippen molar-refractivity contribution in [3.8, 4) is 5.75 Å². The molecule has 0 saturated carbocycles. The molecule has 0 bridgehead atoms. The van der Waals surface area contributed by atoms with Gasteiger partial charge in [0.1, 0.15) is 5.75 Å². The molecule has 2 amide bonds. The van der Waals surface area contributed by atoms with Gasteiger partial charge in [-0.1, -0.05) is 28.1 Å². The van der Waals surface area contributed by atoms with Gasteiger partial charge in [-0.3, -0.25) is 14.6 Å². The van der Waals surface area contributed by atoms with Crippen LogP contribution < -0.4 is 15.5 Å². The number of para-hydroxylation sites is 1. The summed E-state index contributed by atoms with van der Waals surface area (Å²) in [5.41, 5.74) is 4.93. The van der Waals surface area contributed by atoms with Crippen LogP contribution in [0.1, 0.15) is 22.8 Å². The number of amides is 2. The van der Waals surface area contributed by atoms with Crippen LogP contribution in [0.3, 0.4) is 0 Å². The molecule has 0 unspecified atom stereocenters. The van der Waals surface area contributed by atoms with Gasteiger partial charge in [0.25, 0.3) is 11.8 Å². The minimum absolute atomic E-state index is 0.236. The molecule has 0 aliphatic carbocycles. The first-order valence-corrected chi connectivity index (χ1v) is 9.84. The number of carbonyl (C=O) groups is 2. The Labute approximate surface area is 182 Å². The number of carbonyl (C=O) groups excluding carboxylic acids is 2. The van der Waals surface area contributed by atoms with E-state index in [0.717, 1.165) is 10.0 Å². The van der Waals surface area contributed by atoms with Gasteiger partial charge in [-0.2, -0.15) is 5.10 Å². The van der Waals surface area contributed by atoms with E-state index in [9.17, 15) is 9.59 Å². The average Bonchev–Trinajstić information content (AvgIpc) is 2.78. The minimum Gasteiger partial charge on any atom is -0.483 e. The molecule has 0 atom stereocenters. The van der Waals surface area contributed by atoms with Gasteiger partial charge in [0.05, 0.1) is 11.3 Å². The van der Waals surface area contributed by atoms with Gasteiger partial charge in [0.2, 0.25) is 0 Å². The Morgan fingerprint density at radius 2 is 1.73 bits per heavy atom. The molecule has 2 N–H and O–H groups in total. The zero-order chi connectivity index (χ0) is 21.3. The van der Waals surface area contributed by atoms with Crippen molar-refractivity contribution in [3.05, 3.63) is 88.7 Å². The topological polar surface area (TPSA) is 92.7 Å². The highest BCUT2D eigenvalue weighted by molar-refractivity contribution is 9.10. The van der Waals surface area contributed by atoms with Crippen LogP contribution in [0, 0.1) is 0 Å². The Bertz CT molecular complexity index is 1050. The molecule has 30 heavy (non-hydrogen) atoms. The summed E-state index contributed by atoms with van der Waals surface area (Å²) in [5, 5.41) is 6.85. The molecule has 1 aromatic heterocycles. The van der Waals surface area contributed by atoms with Crippen LogP contribution in [-0.2, 0) is 4.79 Å². The van der Waals surface area contributed by atoms with Gasteiger partial charge in [-0.05, 0) is 55.5 Å². The van der Waals surface area contributed by atoms with Crippen molar-refractivity contribution in [2.75, 3.05) is 11.9 Å². The molecule has 0 fully saturated rings. The van der Waals surface area contributed by atoms with Crippen molar-refractivity contribution >= 4 is 39.1 Å². The fourth-order valence-electron chi connectivity index (χ4n) is 2.51. The van der Waals surface area contributed by atoms with E-state index in [0.29, 0.717) is 11.4 Å². The predicted octanol–water partition coefficient (Wildman–Crippen LogP) is 4.02. The van der Waals surface area contributed by atoms with Crippen LogP contribution in [-0.4, -0.2) is 29.1 Å². The standard InChI is InChI=1S/C22H19BrN4O3/c1-15(16-10-12-24-13-11-16)26-27-22(29)19-4-2-3-5-20(19)30-14-21(28)25-18-8-6-17(23)7-9-18/h2-13H,14H2,1H3,(H,25,28)(H,27,29)/b26-15+. The Balaban J connectivity index is 1.61. The lowest BCUT2D eigenvalue weighted by molar-refractivity contribution is -0.118. The average molecular weight is 467 g/mol. The number of rotatable bonds is 7. The first-order chi connectivity index (χ1) is 14.5. The van der Waals surface area contributed by atoms with Crippen molar-refractivity contribution < 1.29 is 14.3 Å². The fraction of sp³-hybridized carbons (Fsp3) is 0.0909. The van der Waals surface area contributed by atoms with E-state index in [4.69, 9.17) is 4.74 Å². The molecule has 0 aliphatic heterocycles. The third kappa shape index (κ3) is 5.99. The normalized spacial score (nSPS) is 10.9. The maximum absolute atomic E-state index is 12.6. The van der Waals surface area contributed by atoms with Crippen molar-refractivity contribution in [3.63, 3.8) is 0 Å². The third-order valence-electron chi connectivity index (χ3n) is 4.04. The van der Waals surface area contributed by atoms with E-state index in [1.54, 1.807) is 67.8 Å². The van der Waals surface area contributed by atoms with Crippen molar-refractivity contribution in [1.29, 1.82) is 0 Å². The molecular weight excluding hydrogens is 448 g/mol. The number of ether oxygens (including phenoxy) is 1. The Morgan fingerprint density at radius 3 is 2.47 bits per heavy atom. The number of pyridine rings is 1. The van der Waals surface area contributed by atoms with E-state index in [1.165, 1.54) is 0 Å². The molecule has 3 rings (SSSR count). The fourth-order valence-corrected chi connectivity index (χ4v) is 2.77. The summed E-state index contributed by atoms with van der Waals surface area (Å²) in [6.45, 7) is 1.55. The van der Waals surface area contributed by atoms with Gasteiger partial charge < -0.3 is 10.1 Å². The summed E-state index contributed by atoms with van der Waals surface area (Å²) in [6, 6.07) is 17.5. The molecule has 1 heterocycles. The number of anilines is 1. The summed E-state index contributed by atoms with van der Waals surface area (Å²) < 4.78 is 6.48. The van der Waals surface area contributed by atoms with Gasteiger partial charge in [-0.25, -0.2) is 5.43 Å². The van der Waals surface area contributed by atoms with E-state index in [1.807, 2.05) is 12.1 Å². The molecule has 0 radical (unpaired) electrons. The van der Waals surface area contributed by atoms with Gasteiger partial charge in [-0.15, -0.1) is 0 Å². The number of benzene rings is 2. The lowest BCUT2D eigenvalue weighted by Gasteiger charge is -2.11. The minimum atomic E-state index is -0.438. The molecule has 2 aromatic carbocycles. The van der Waals surface area contributed by atoms with Gasteiger partial charge in [0.15, 0.2) is 6.61 Å². The predicted molar refractivity (Wildman–Crippen MR) is 119 cm³/mol. The van der Waals surface area contributed by atoms with E-state index in [2.05, 4.69) is 36.8 Å². The van der Waals surface area contributed by atoms with Crippen molar-refractivity contribution in [1.82, 2.24) is 10.4 Å². The molecule has 7 nitrogen and oxygen atoms in total. The van der Waals surface area contributed by atoms with Crippen molar-refractivity contribution in [2.45, 2.75) is 6.92 Å². The summed E-state index contributed by atoms with van der Waals surface area (Å²) in [5.74, 6) is -0.482. The zero-order valence-electron chi connectivity index (χ0n) is 16.1. The monoisotopic (exact) mass is 466 g/mol. The third-order valence-corrected chi connectivity index (χ3v) is 4.57. The SMILES string of the molecule is C/C(=N\NC(=O)c1ccccc1OCC(=O)Nc1ccc(Br)cc1)c1ccncc1. The van der Waals surface area contributed by atoms with Gasteiger partial charge >= 0.3 is 0 Å².